The summed E-state index contributed by atoms with van der Waals surface area (Å²) in [5.41, 5.74) is 3.07. The van der Waals surface area contributed by atoms with E-state index >= 15 is 0 Å². The number of hydrogen-bond donors (Lipinski definition) is 1. The van der Waals surface area contributed by atoms with E-state index in [1.54, 1.807) is 24.3 Å². The van der Waals surface area contributed by atoms with E-state index in [0.29, 0.717) is 22.3 Å². The molecule has 0 bridgehead atoms. The lowest BCUT2D eigenvalue weighted by atomic mass is 10.0. The standard InChI is InChI=1S/C20H19FN2O/c1-12(2)22-20(24)16-11-19(14-6-4-5-7-17(14)21)23-18-9-8-13(3)10-15(16)18/h4-12H,1-3H3,(H,22,24). The zero-order chi connectivity index (χ0) is 17.3. The van der Waals surface area contributed by atoms with Gasteiger partial charge in [0.25, 0.3) is 5.91 Å². The van der Waals surface area contributed by atoms with E-state index in [-0.39, 0.29) is 17.8 Å². The molecule has 0 saturated heterocycles. The molecular weight excluding hydrogens is 303 g/mol. The fourth-order valence-corrected chi connectivity index (χ4v) is 2.67. The number of nitrogens with one attached hydrogen (secondary N) is 1. The number of amides is 1. The Balaban J connectivity index is 2.25. The second-order valence-corrected chi connectivity index (χ2v) is 6.18. The maximum atomic E-state index is 14.1. The lowest BCUT2D eigenvalue weighted by molar-refractivity contribution is 0.0945. The molecule has 3 nitrogen and oxygen atoms in total. The number of carbonyl (C=O) groups is 1. The van der Waals surface area contributed by atoms with E-state index in [1.165, 1.54) is 6.07 Å². The Hall–Kier alpha value is -2.75. The van der Waals surface area contributed by atoms with Gasteiger partial charge in [0.15, 0.2) is 0 Å². The summed E-state index contributed by atoms with van der Waals surface area (Å²) in [6.45, 7) is 5.78. The van der Waals surface area contributed by atoms with Crippen LogP contribution in [0.3, 0.4) is 0 Å². The van der Waals surface area contributed by atoms with E-state index in [0.717, 1.165) is 10.9 Å². The zero-order valence-electron chi connectivity index (χ0n) is 13.9. The largest absolute Gasteiger partial charge is 0.350 e. The summed E-state index contributed by atoms with van der Waals surface area (Å²) >= 11 is 0. The van der Waals surface area contributed by atoms with Gasteiger partial charge in [0, 0.05) is 17.0 Å². The summed E-state index contributed by atoms with van der Waals surface area (Å²) in [5, 5.41) is 3.67. The van der Waals surface area contributed by atoms with Crippen molar-refractivity contribution in [1.82, 2.24) is 10.3 Å². The predicted molar refractivity (Wildman–Crippen MR) is 94.5 cm³/mol. The van der Waals surface area contributed by atoms with Crippen LogP contribution >= 0.6 is 0 Å². The molecular formula is C20H19FN2O. The van der Waals surface area contributed by atoms with Crippen LogP contribution < -0.4 is 5.32 Å². The molecule has 122 valence electrons. The SMILES string of the molecule is Cc1ccc2nc(-c3ccccc3F)cc(C(=O)NC(C)C)c2c1. The van der Waals surface area contributed by atoms with Crippen molar-refractivity contribution in [3.63, 3.8) is 0 Å². The summed E-state index contributed by atoms with van der Waals surface area (Å²) in [6.07, 6.45) is 0. The van der Waals surface area contributed by atoms with Crippen molar-refractivity contribution in [1.29, 1.82) is 0 Å². The third kappa shape index (κ3) is 3.13. The highest BCUT2D eigenvalue weighted by Crippen LogP contribution is 2.27. The normalized spacial score (nSPS) is 11.0. The van der Waals surface area contributed by atoms with Crippen LogP contribution in [0.25, 0.3) is 22.2 Å². The number of pyridine rings is 1. The number of nitrogens with zero attached hydrogens (tertiary/aromatic N) is 1. The van der Waals surface area contributed by atoms with Crippen LogP contribution in [0.15, 0.2) is 48.5 Å². The van der Waals surface area contributed by atoms with Gasteiger partial charge in [-0.2, -0.15) is 0 Å². The van der Waals surface area contributed by atoms with Crippen LogP contribution in [-0.2, 0) is 0 Å². The van der Waals surface area contributed by atoms with Gasteiger partial charge in [0.1, 0.15) is 5.82 Å². The zero-order valence-corrected chi connectivity index (χ0v) is 13.9. The number of fused-ring (bicyclic) bond motifs is 1. The first-order valence-corrected chi connectivity index (χ1v) is 7.93. The first-order valence-electron chi connectivity index (χ1n) is 7.93. The molecule has 1 N–H and O–H groups in total. The molecule has 0 saturated carbocycles. The van der Waals surface area contributed by atoms with E-state index in [9.17, 15) is 9.18 Å². The number of aromatic nitrogens is 1. The first kappa shape index (κ1) is 16.1. The molecule has 0 fully saturated rings. The highest BCUT2D eigenvalue weighted by atomic mass is 19.1. The predicted octanol–water partition coefficient (Wildman–Crippen LogP) is 4.49. The topological polar surface area (TPSA) is 42.0 Å². The summed E-state index contributed by atoms with van der Waals surface area (Å²) in [4.78, 5) is 17.2. The van der Waals surface area contributed by atoms with Gasteiger partial charge in [-0.1, -0.05) is 23.8 Å². The third-order valence-corrected chi connectivity index (χ3v) is 3.78. The van der Waals surface area contributed by atoms with Crippen LogP contribution in [0, 0.1) is 12.7 Å². The Morgan fingerprint density at radius 3 is 2.58 bits per heavy atom. The van der Waals surface area contributed by atoms with Crippen molar-refractivity contribution in [2.24, 2.45) is 0 Å². The van der Waals surface area contributed by atoms with Crippen molar-refractivity contribution in [2.45, 2.75) is 26.8 Å². The van der Waals surface area contributed by atoms with E-state index in [2.05, 4.69) is 10.3 Å². The number of hydrogen-bond acceptors (Lipinski definition) is 2. The minimum absolute atomic E-state index is 0.0161. The Kier molecular flexibility index (Phi) is 4.30. The van der Waals surface area contributed by atoms with Crippen molar-refractivity contribution in [2.75, 3.05) is 0 Å². The average Bonchev–Trinajstić information content (AvgIpc) is 2.53. The molecule has 1 amide bonds. The fourth-order valence-electron chi connectivity index (χ4n) is 2.67. The molecule has 1 aromatic heterocycles. The molecule has 0 unspecified atom stereocenters. The van der Waals surface area contributed by atoms with Gasteiger partial charge >= 0.3 is 0 Å². The number of halogens is 1. The molecule has 0 aliphatic rings. The van der Waals surface area contributed by atoms with Crippen molar-refractivity contribution in [3.8, 4) is 11.3 Å². The van der Waals surface area contributed by atoms with Crippen molar-refractivity contribution >= 4 is 16.8 Å². The molecule has 1 heterocycles. The van der Waals surface area contributed by atoms with Gasteiger partial charge in [0.05, 0.1) is 16.8 Å². The van der Waals surface area contributed by atoms with Crippen LogP contribution in [-0.4, -0.2) is 16.9 Å². The highest BCUT2D eigenvalue weighted by Gasteiger charge is 2.16. The van der Waals surface area contributed by atoms with Crippen LogP contribution in [0.1, 0.15) is 29.8 Å². The maximum absolute atomic E-state index is 14.1. The number of aryl methyl sites for hydroxylation is 1. The van der Waals surface area contributed by atoms with Gasteiger partial charge in [-0.05, 0) is 51.1 Å². The Bertz CT molecular complexity index is 919. The van der Waals surface area contributed by atoms with E-state index in [1.807, 2.05) is 39.0 Å². The van der Waals surface area contributed by atoms with Gasteiger partial charge in [-0.25, -0.2) is 9.37 Å². The third-order valence-electron chi connectivity index (χ3n) is 3.78. The number of rotatable bonds is 3. The van der Waals surface area contributed by atoms with Crippen molar-refractivity contribution in [3.05, 3.63) is 65.5 Å². The van der Waals surface area contributed by atoms with Crippen LogP contribution in [0.2, 0.25) is 0 Å². The van der Waals surface area contributed by atoms with Gasteiger partial charge in [-0.15, -0.1) is 0 Å². The molecule has 0 spiro atoms. The maximum Gasteiger partial charge on any atom is 0.252 e. The van der Waals surface area contributed by atoms with Crippen molar-refractivity contribution < 1.29 is 9.18 Å². The summed E-state index contributed by atoms with van der Waals surface area (Å²) in [7, 11) is 0. The highest BCUT2D eigenvalue weighted by molar-refractivity contribution is 6.07. The Labute approximate surface area is 140 Å². The molecule has 2 aromatic carbocycles. The van der Waals surface area contributed by atoms with Crippen LogP contribution in [0.5, 0.6) is 0 Å². The van der Waals surface area contributed by atoms with Gasteiger partial charge in [-0.3, -0.25) is 4.79 Å². The first-order chi connectivity index (χ1) is 11.5. The quantitative estimate of drug-likeness (QED) is 0.772. The molecule has 3 rings (SSSR count). The summed E-state index contributed by atoms with van der Waals surface area (Å²) in [5.74, 6) is -0.535. The van der Waals surface area contributed by atoms with E-state index in [4.69, 9.17) is 0 Å². The second kappa shape index (κ2) is 6.40. The molecule has 0 aliphatic heterocycles. The molecule has 0 atom stereocenters. The minimum atomic E-state index is -0.355. The smallest absolute Gasteiger partial charge is 0.252 e. The summed E-state index contributed by atoms with van der Waals surface area (Å²) < 4.78 is 14.1. The monoisotopic (exact) mass is 322 g/mol. The lowest BCUT2D eigenvalue weighted by Crippen LogP contribution is -2.30. The number of benzene rings is 2. The molecule has 0 radical (unpaired) electrons. The van der Waals surface area contributed by atoms with Gasteiger partial charge < -0.3 is 5.32 Å². The van der Waals surface area contributed by atoms with Gasteiger partial charge in [0.2, 0.25) is 0 Å². The fraction of sp³-hybridized carbons (Fsp3) is 0.200. The minimum Gasteiger partial charge on any atom is -0.350 e. The second-order valence-electron chi connectivity index (χ2n) is 6.18. The Morgan fingerprint density at radius 2 is 1.88 bits per heavy atom. The summed E-state index contributed by atoms with van der Waals surface area (Å²) in [6, 6.07) is 13.9. The molecule has 4 heteroatoms. The number of carbonyl (C=O) groups excluding carboxylic acids is 1. The molecule has 3 aromatic rings. The molecule has 24 heavy (non-hydrogen) atoms. The van der Waals surface area contributed by atoms with E-state index < -0.39 is 0 Å². The molecule has 0 aliphatic carbocycles. The Morgan fingerprint density at radius 1 is 1.12 bits per heavy atom. The van der Waals surface area contributed by atoms with Crippen LogP contribution in [0.4, 0.5) is 4.39 Å². The average molecular weight is 322 g/mol. The lowest BCUT2D eigenvalue weighted by Gasteiger charge is -2.13.